The zero-order valence-corrected chi connectivity index (χ0v) is 8.22. The Labute approximate surface area is 86.7 Å². The predicted molar refractivity (Wildman–Crippen MR) is 54.8 cm³/mol. The van der Waals surface area contributed by atoms with Crippen LogP contribution in [0.25, 0.3) is 11.2 Å². The van der Waals surface area contributed by atoms with Crippen LogP contribution in [0.2, 0.25) is 0 Å². The highest BCUT2D eigenvalue weighted by Crippen LogP contribution is 2.17. The Morgan fingerprint density at radius 1 is 1.20 bits per heavy atom. The number of anilines is 1. The van der Waals surface area contributed by atoms with Crippen LogP contribution in [-0.2, 0) is 4.74 Å². The van der Waals surface area contributed by atoms with Gasteiger partial charge in [0.15, 0.2) is 17.6 Å². The summed E-state index contributed by atoms with van der Waals surface area (Å²) in [5, 5.41) is 0. The number of pyridine rings is 1. The molecule has 0 unspecified atom stereocenters. The van der Waals surface area contributed by atoms with E-state index in [-0.39, 0.29) is 0 Å². The highest BCUT2D eigenvalue weighted by Gasteiger charge is 2.13. The maximum atomic E-state index is 5.29. The Morgan fingerprint density at radius 2 is 2.07 bits per heavy atom. The number of morpholine rings is 1. The van der Waals surface area contributed by atoms with Crippen LogP contribution in [-0.4, -0.2) is 36.3 Å². The summed E-state index contributed by atoms with van der Waals surface area (Å²) in [7, 11) is 0. The molecule has 1 fully saturated rings. The quantitative estimate of drug-likeness (QED) is 0.696. The molecule has 0 aromatic carbocycles. The van der Waals surface area contributed by atoms with Gasteiger partial charge < -0.3 is 14.1 Å². The van der Waals surface area contributed by atoms with Gasteiger partial charge in [0.2, 0.25) is 0 Å². The van der Waals surface area contributed by atoms with Gasteiger partial charge >= 0.3 is 0 Å². The Morgan fingerprint density at radius 3 is 2.93 bits per heavy atom. The Hall–Kier alpha value is -1.62. The molecule has 1 saturated heterocycles. The van der Waals surface area contributed by atoms with E-state index in [2.05, 4.69) is 14.9 Å². The molecule has 2 aromatic heterocycles. The second-order valence-corrected chi connectivity index (χ2v) is 3.44. The van der Waals surface area contributed by atoms with Crippen LogP contribution < -0.4 is 4.90 Å². The van der Waals surface area contributed by atoms with Crippen LogP contribution in [0.15, 0.2) is 22.9 Å². The zero-order valence-electron chi connectivity index (χ0n) is 8.22. The van der Waals surface area contributed by atoms with Crippen molar-refractivity contribution < 1.29 is 9.15 Å². The van der Waals surface area contributed by atoms with Crippen molar-refractivity contribution in [1.29, 1.82) is 0 Å². The Bertz CT molecular complexity index is 462. The minimum Gasteiger partial charge on any atom is -0.442 e. The summed E-state index contributed by atoms with van der Waals surface area (Å²) in [6.07, 6.45) is 1.42. The lowest BCUT2D eigenvalue weighted by Gasteiger charge is -2.27. The molecule has 0 spiro atoms. The summed E-state index contributed by atoms with van der Waals surface area (Å²) in [5.74, 6) is 0.944. The van der Waals surface area contributed by atoms with Crippen LogP contribution in [0, 0.1) is 0 Å². The SMILES string of the molecule is c1nc2nc(N3CCOCC3)ccc2o1. The topological polar surface area (TPSA) is 51.4 Å². The van der Waals surface area contributed by atoms with Crippen molar-refractivity contribution in [3.8, 4) is 0 Å². The Kier molecular flexibility index (Phi) is 2.03. The first-order chi connectivity index (χ1) is 7.43. The van der Waals surface area contributed by atoms with Crippen molar-refractivity contribution in [3.63, 3.8) is 0 Å². The van der Waals surface area contributed by atoms with E-state index in [1.165, 1.54) is 6.39 Å². The molecule has 0 atom stereocenters. The second-order valence-electron chi connectivity index (χ2n) is 3.44. The van der Waals surface area contributed by atoms with Crippen LogP contribution in [0.3, 0.4) is 0 Å². The number of aromatic nitrogens is 2. The van der Waals surface area contributed by atoms with Crippen molar-refractivity contribution in [3.05, 3.63) is 18.5 Å². The number of oxazole rings is 1. The van der Waals surface area contributed by atoms with Gasteiger partial charge in [-0.2, -0.15) is 4.98 Å². The molecule has 15 heavy (non-hydrogen) atoms. The lowest BCUT2D eigenvalue weighted by atomic mass is 10.3. The first-order valence-electron chi connectivity index (χ1n) is 4.96. The highest BCUT2D eigenvalue weighted by atomic mass is 16.5. The van der Waals surface area contributed by atoms with Crippen molar-refractivity contribution >= 4 is 17.0 Å². The molecule has 3 heterocycles. The number of hydrogen-bond acceptors (Lipinski definition) is 5. The molecular formula is C10H11N3O2. The van der Waals surface area contributed by atoms with E-state index in [0.717, 1.165) is 37.7 Å². The minimum atomic E-state index is 0.666. The monoisotopic (exact) mass is 205 g/mol. The maximum absolute atomic E-state index is 5.29. The smallest absolute Gasteiger partial charge is 0.200 e. The molecule has 0 aliphatic carbocycles. The number of ether oxygens (including phenoxy) is 1. The summed E-state index contributed by atoms with van der Waals surface area (Å²) in [5.41, 5.74) is 1.39. The van der Waals surface area contributed by atoms with E-state index in [0.29, 0.717) is 5.65 Å². The first-order valence-corrected chi connectivity index (χ1v) is 4.96. The third-order valence-corrected chi connectivity index (χ3v) is 2.51. The molecule has 78 valence electrons. The average molecular weight is 205 g/mol. The minimum absolute atomic E-state index is 0.666. The van der Waals surface area contributed by atoms with Crippen molar-refractivity contribution in [2.75, 3.05) is 31.2 Å². The van der Waals surface area contributed by atoms with Gasteiger partial charge in [-0.05, 0) is 12.1 Å². The maximum Gasteiger partial charge on any atom is 0.200 e. The molecule has 2 aromatic rings. The molecule has 0 N–H and O–H groups in total. The fraction of sp³-hybridized carbons (Fsp3) is 0.400. The second kappa shape index (κ2) is 3.51. The normalized spacial score (nSPS) is 17.2. The summed E-state index contributed by atoms with van der Waals surface area (Å²) in [6, 6.07) is 3.86. The van der Waals surface area contributed by atoms with Crippen LogP contribution in [0.1, 0.15) is 0 Å². The van der Waals surface area contributed by atoms with E-state index in [1.54, 1.807) is 0 Å². The zero-order chi connectivity index (χ0) is 10.1. The molecule has 5 nitrogen and oxygen atoms in total. The standard InChI is InChI=1S/C10H11N3O2/c1-2-9(13-3-5-14-6-4-13)12-10-8(1)15-7-11-10/h1-2,7H,3-6H2. The summed E-state index contributed by atoms with van der Waals surface area (Å²) in [6.45, 7) is 3.30. The number of fused-ring (bicyclic) bond motifs is 1. The van der Waals surface area contributed by atoms with Crippen LogP contribution in [0.5, 0.6) is 0 Å². The molecule has 0 radical (unpaired) electrons. The van der Waals surface area contributed by atoms with Gasteiger partial charge in [-0.3, -0.25) is 0 Å². The number of hydrogen-bond donors (Lipinski definition) is 0. The Balaban J connectivity index is 1.95. The molecule has 0 bridgehead atoms. The lowest BCUT2D eigenvalue weighted by molar-refractivity contribution is 0.122. The lowest BCUT2D eigenvalue weighted by Crippen LogP contribution is -2.36. The van der Waals surface area contributed by atoms with E-state index in [1.807, 2.05) is 12.1 Å². The van der Waals surface area contributed by atoms with Gasteiger partial charge in [-0.25, -0.2) is 4.98 Å². The van der Waals surface area contributed by atoms with Gasteiger partial charge in [0.1, 0.15) is 5.82 Å². The third kappa shape index (κ3) is 1.55. The van der Waals surface area contributed by atoms with Crippen LogP contribution >= 0.6 is 0 Å². The fourth-order valence-corrected chi connectivity index (χ4v) is 1.71. The van der Waals surface area contributed by atoms with Gasteiger partial charge in [-0.15, -0.1) is 0 Å². The van der Waals surface area contributed by atoms with Crippen molar-refractivity contribution in [2.45, 2.75) is 0 Å². The van der Waals surface area contributed by atoms with E-state index >= 15 is 0 Å². The summed E-state index contributed by atoms with van der Waals surface area (Å²) >= 11 is 0. The molecule has 1 aliphatic heterocycles. The van der Waals surface area contributed by atoms with Gasteiger partial charge in [0, 0.05) is 13.1 Å². The molecule has 0 saturated carbocycles. The number of rotatable bonds is 1. The van der Waals surface area contributed by atoms with Crippen molar-refractivity contribution in [1.82, 2.24) is 9.97 Å². The largest absolute Gasteiger partial charge is 0.442 e. The highest BCUT2D eigenvalue weighted by molar-refractivity contribution is 5.70. The van der Waals surface area contributed by atoms with Crippen molar-refractivity contribution in [2.24, 2.45) is 0 Å². The average Bonchev–Trinajstić information content (AvgIpc) is 2.77. The van der Waals surface area contributed by atoms with E-state index in [9.17, 15) is 0 Å². The summed E-state index contributed by atoms with van der Waals surface area (Å²) < 4.78 is 10.4. The summed E-state index contributed by atoms with van der Waals surface area (Å²) in [4.78, 5) is 10.7. The molecule has 1 aliphatic rings. The molecule has 5 heteroatoms. The first kappa shape index (κ1) is 8.67. The molecule has 0 amide bonds. The van der Waals surface area contributed by atoms with Gasteiger partial charge in [0.05, 0.1) is 13.2 Å². The van der Waals surface area contributed by atoms with Gasteiger partial charge in [-0.1, -0.05) is 0 Å². The van der Waals surface area contributed by atoms with E-state index < -0.39 is 0 Å². The molecular weight excluding hydrogens is 194 g/mol. The predicted octanol–water partition coefficient (Wildman–Crippen LogP) is 1.06. The van der Waals surface area contributed by atoms with E-state index in [4.69, 9.17) is 9.15 Å². The number of nitrogens with zero attached hydrogens (tertiary/aromatic N) is 3. The molecule has 3 rings (SSSR count). The van der Waals surface area contributed by atoms with Crippen LogP contribution in [0.4, 0.5) is 5.82 Å². The third-order valence-electron chi connectivity index (χ3n) is 2.51. The fourth-order valence-electron chi connectivity index (χ4n) is 1.71. The van der Waals surface area contributed by atoms with Gasteiger partial charge in [0.25, 0.3) is 0 Å².